The van der Waals surface area contributed by atoms with E-state index in [4.69, 9.17) is 5.73 Å². The molecule has 3 nitrogen and oxygen atoms in total. The SMILES string of the molecule is NC[C@@H](CO)C1(N2CCCCC2)CCCC1. The molecule has 2 fully saturated rings. The van der Waals surface area contributed by atoms with Gasteiger partial charge in [0, 0.05) is 18.1 Å². The van der Waals surface area contributed by atoms with Crippen LogP contribution in [0.15, 0.2) is 0 Å². The maximum absolute atomic E-state index is 9.58. The molecule has 0 spiro atoms. The third kappa shape index (κ3) is 2.13. The number of hydrogen-bond acceptors (Lipinski definition) is 3. The van der Waals surface area contributed by atoms with Crippen LogP contribution in [0.5, 0.6) is 0 Å². The lowest BCUT2D eigenvalue weighted by molar-refractivity contribution is 0.000675. The van der Waals surface area contributed by atoms with Crippen molar-refractivity contribution in [3.05, 3.63) is 0 Å². The molecule has 3 N–H and O–H groups in total. The maximum Gasteiger partial charge on any atom is 0.0489 e. The molecule has 94 valence electrons. The number of nitrogens with two attached hydrogens (primary N) is 1. The monoisotopic (exact) mass is 226 g/mol. The summed E-state index contributed by atoms with van der Waals surface area (Å²) in [6.45, 7) is 3.33. The summed E-state index contributed by atoms with van der Waals surface area (Å²) in [4.78, 5) is 2.65. The summed E-state index contributed by atoms with van der Waals surface area (Å²) >= 11 is 0. The van der Waals surface area contributed by atoms with Crippen LogP contribution in [0, 0.1) is 5.92 Å². The van der Waals surface area contributed by atoms with Crippen LogP contribution in [0.2, 0.25) is 0 Å². The summed E-state index contributed by atoms with van der Waals surface area (Å²) < 4.78 is 0. The van der Waals surface area contributed by atoms with Crippen LogP contribution in [-0.2, 0) is 0 Å². The molecule has 1 atom stereocenters. The largest absolute Gasteiger partial charge is 0.396 e. The van der Waals surface area contributed by atoms with Gasteiger partial charge in [-0.15, -0.1) is 0 Å². The molecule has 16 heavy (non-hydrogen) atoms. The number of aliphatic hydroxyl groups excluding tert-OH is 1. The molecule has 3 heteroatoms. The van der Waals surface area contributed by atoms with Crippen molar-refractivity contribution >= 4 is 0 Å². The molecule has 0 bridgehead atoms. The van der Waals surface area contributed by atoms with Gasteiger partial charge < -0.3 is 10.8 Å². The first-order valence-electron chi connectivity index (χ1n) is 6.89. The average molecular weight is 226 g/mol. The van der Waals surface area contributed by atoms with Crippen molar-refractivity contribution < 1.29 is 5.11 Å². The van der Waals surface area contributed by atoms with Crippen molar-refractivity contribution in [2.75, 3.05) is 26.2 Å². The predicted molar refractivity (Wildman–Crippen MR) is 66.3 cm³/mol. The summed E-state index contributed by atoms with van der Waals surface area (Å²) in [5.41, 5.74) is 6.11. The van der Waals surface area contributed by atoms with Gasteiger partial charge in [-0.2, -0.15) is 0 Å². The molecule has 0 amide bonds. The highest BCUT2D eigenvalue weighted by Gasteiger charge is 2.44. The standard InChI is InChI=1S/C13H26N2O/c14-10-12(11-16)13(6-2-3-7-13)15-8-4-1-5-9-15/h12,16H,1-11,14H2/t12-/m0/s1. The van der Waals surface area contributed by atoms with Gasteiger partial charge in [-0.1, -0.05) is 19.3 Å². The zero-order valence-corrected chi connectivity index (χ0v) is 10.3. The van der Waals surface area contributed by atoms with Crippen LogP contribution in [0.1, 0.15) is 44.9 Å². The van der Waals surface area contributed by atoms with Gasteiger partial charge in [0.2, 0.25) is 0 Å². The number of hydrogen-bond donors (Lipinski definition) is 2. The average Bonchev–Trinajstić information content (AvgIpc) is 2.82. The second-order valence-corrected chi connectivity index (χ2v) is 5.47. The smallest absolute Gasteiger partial charge is 0.0489 e. The normalized spacial score (nSPS) is 28.1. The Hall–Kier alpha value is -0.120. The molecule has 1 saturated heterocycles. The molecular formula is C13H26N2O. The summed E-state index contributed by atoms with van der Waals surface area (Å²) in [5.74, 6) is 0.285. The van der Waals surface area contributed by atoms with Crippen molar-refractivity contribution in [1.29, 1.82) is 0 Å². The molecule has 0 aromatic carbocycles. The van der Waals surface area contributed by atoms with E-state index in [9.17, 15) is 5.11 Å². The zero-order valence-electron chi connectivity index (χ0n) is 10.3. The molecular weight excluding hydrogens is 200 g/mol. The van der Waals surface area contributed by atoms with Crippen LogP contribution >= 0.6 is 0 Å². The Morgan fingerprint density at radius 2 is 1.69 bits per heavy atom. The third-order valence-corrected chi connectivity index (χ3v) is 4.72. The highest BCUT2D eigenvalue weighted by molar-refractivity contribution is 5.00. The number of likely N-dealkylation sites (tertiary alicyclic amines) is 1. The Labute approximate surface area is 99.0 Å². The van der Waals surface area contributed by atoms with Crippen LogP contribution in [0.25, 0.3) is 0 Å². The van der Waals surface area contributed by atoms with Crippen molar-refractivity contribution in [2.45, 2.75) is 50.5 Å². The molecule has 0 aromatic heterocycles. The van der Waals surface area contributed by atoms with Crippen molar-refractivity contribution in [3.8, 4) is 0 Å². The minimum Gasteiger partial charge on any atom is -0.396 e. The minimum atomic E-state index is 0.240. The van der Waals surface area contributed by atoms with Crippen molar-refractivity contribution in [1.82, 2.24) is 4.90 Å². The van der Waals surface area contributed by atoms with Crippen LogP contribution in [0.4, 0.5) is 0 Å². The Morgan fingerprint density at radius 1 is 1.06 bits per heavy atom. The molecule has 0 aromatic rings. The topological polar surface area (TPSA) is 49.5 Å². The van der Waals surface area contributed by atoms with E-state index in [0.29, 0.717) is 6.54 Å². The van der Waals surface area contributed by atoms with Gasteiger partial charge in [0.05, 0.1) is 0 Å². The maximum atomic E-state index is 9.58. The van der Waals surface area contributed by atoms with E-state index in [2.05, 4.69) is 4.90 Å². The summed E-state index contributed by atoms with van der Waals surface area (Å²) in [6, 6.07) is 0. The summed E-state index contributed by atoms with van der Waals surface area (Å²) in [7, 11) is 0. The van der Waals surface area contributed by atoms with Gasteiger partial charge in [0.15, 0.2) is 0 Å². The summed E-state index contributed by atoms with van der Waals surface area (Å²) in [6.07, 6.45) is 9.14. The molecule has 0 unspecified atom stereocenters. The first-order chi connectivity index (χ1) is 7.83. The Balaban J connectivity index is 2.12. The number of aliphatic hydroxyl groups is 1. The van der Waals surface area contributed by atoms with Crippen LogP contribution in [-0.4, -0.2) is 41.8 Å². The van der Waals surface area contributed by atoms with E-state index in [1.165, 1.54) is 58.0 Å². The lowest BCUT2D eigenvalue weighted by Gasteiger charge is -2.48. The van der Waals surface area contributed by atoms with Gasteiger partial charge in [0.1, 0.15) is 0 Å². The van der Waals surface area contributed by atoms with Gasteiger partial charge in [-0.25, -0.2) is 0 Å². The lowest BCUT2D eigenvalue weighted by atomic mass is 9.80. The van der Waals surface area contributed by atoms with E-state index in [0.717, 1.165) is 0 Å². The number of nitrogens with zero attached hydrogens (tertiary/aromatic N) is 1. The fourth-order valence-electron chi connectivity index (χ4n) is 3.77. The van der Waals surface area contributed by atoms with Gasteiger partial charge in [-0.3, -0.25) is 4.90 Å². The fourth-order valence-corrected chi connectivity index (χ4v) is 3.77. The first-order valence-corrected chi connectivity index (χ1v) is 6.89. The molecule has 1 aliphatic carbocycles. The van der Waals surface area contributed by atoms with Crippen LogP contribution < -0.4 is 5.73 Å². The second-order valence-electron chi connectivity index (χ2n) is 5.47. The Bertz CT molecular complexity index is 204. The van der Waals surface area contributed by atoms with Gasteiger partial charge >= 0.3 is 0 Å². The number of piperidine rings is 1. The fraction of sp³-hybridized carbons (Fsp3) is 1.00. The molecule has 0 radical (unpaired) electrons. The van der Waals surface area contributed by atoms with E-state index in [-0.39, 0.29) is 18.1 Å². The minimum absolute atomic E-state index is 0.240. The van der Waals surface area contributed by atoms with Gasteiger partial charge in [-0.05, 0) is 45.3 Å². The molecule has 1 aliphatic heterocycles. The molecule has 2 aliphatic rings. The van der Waals surface area contributed by atoms with E-state index in [1.54, 1.807) is 0 Å². The van der Waals surface area contributed by atoms with Crippen LogP contribution in [0.3, 0.4) is 0 Å². The first kappa shape index (κ1) is 12.3. The lowest BCUT2D eigenvalue weighted by Crippen LogP contribution is -2.56. The Morgan fingerprint density at radius 3 is 2.19 bits per heavy atom. The zero-order chi connectivity index (χ0) is 11.4. The van der Waals surface area contributed by atoms with Crippen molar-refractivity contribution in [3.63, 3.8) is 0 Å². The van der Waals surface area contributed by atoms with E-state index < -0.39 is 0 Å². The molecule has 2 rings (SSSR count). The Kier molecular flexibility index (Phi) is 4.22. The summed E-state index contributed by atoms with van der Waals surface area (Å²) in [5, 5.41) is 9.58. The third-order valence-electron chi connectivity index (χ3n) is 4.72. The highest BCUT2D eigenvalue weighted by Crippen LogP contribution is 2.42. The predicted octanol–water partition coefficient (Wildman–Crippen LogP) is 1.35. The number of rotatable bonds is 4. The second kappa shape index (κ2) is 5.48. The van der Waals surface area contributed by atoms with Gasteiger partial charge in [0.25, 0.3) is 0 Å². The highest BCUT2D eigenvalue weighted by atomic mass is 16.3. The van der Waals surface area contributed by atoms with E-state index >= 15 is 0 Å². The molecule has 1 saturated carbocycles. The van der Waals surface area contributed by atoms with Crippen molar-refractivity contribution in [2.24, 2.45) is 11.7 Å². The molecule has 1 heterocycles. The van der Waals surface area contributed by atoms with E-state index in [1.807, 2.05) is 0 Å². The quantitative estimate of drug-likeness (QED) is 0.761.